The van der Waals surface area contributed by atoms with Gasteiger partial charge in [0.25, 0.3) is 5.91 Å². The number of hydrogen-bond acceptors (Lipinski definition) is 3. The lowest BCUT2D eigenvalue weighted by Crippen LogP contribution is -2.39. The van der Waals surface area contributed by atoms with Gasteiger partial charge in [-0.15, -0.1) is 11.3 Å². The largest absolute Gasteiger partial charge is 0.481 e. The van der Waals surface area contributed by atoms with E-state index in [1.165, 1.54) is 11.3 Å². The molecule has 0 aromatic carbocycles. The van der Waals surface area contributed by atoms with E-state index in [1.807, 2.05) is 11.4 Å². The molecule has 1 fully saturated rings. The van der Waals surface area contributed by atoms with E-state index in [4.69, 9.17) is 5.11 Å². The molecule has 0 aliphatic heterocycles. The van der Waals surface area contributed by atoms with E-state index >= 15 is 0 Å². The minimum absolute atomic E-state index is 0.0156. The topological polar surface area (TPSA) is 57.6 Å². The second-order valence-corrected chi connectivity index (χ2v) is 5.51. The van der Waals surface area contributed by atoms with E-state index in [2.05, 4.69) is 0 Å². The Balaban J connectivity index is 2.07. The van der Waals surface area contributed by atoms with Crippen molar-refractivity contribution in [1.82, 2.24) is 4.90 Å². The van der Waals surface area contributed by atoms with Gasteiger partial charge in [-0.3, -0.25) is 9.59 Å². The third kappa shape index (κ3) is 3.10. The van der Waals surface area contributed by atoms with Gasteiger partial charge in [-0.1, -0.05) is 18.9 Å². The summed E-state index contributed by atoms with van der Waals surface area (Å²) in [6, 6.07) is 3.87. The maximum Gasteiger partial charge on any atom is 0.305 e. The molecule has 1 N–H and O–H groups in total. The van der Waals surface area contributed by atoms with Crippen molar-refractivity contribution < 1.29 is 14.7 Å². The van der Waals surface area contributed by atoms with Crippen molar-refractivity contribution in [1.29, 1.82) is 0 Å². The number of thiophene rings is 1. The molecular formula is C13H17NO3S. The summed E-state index contributed by atoms with van der Waals surface area (Å²) in [5.74, 6) is -0.866. The fourth-order valence-electron chi connectivity index (χ4n) is 2.42. The first-order valence-corrected chi connectivity index (χ1v) is 7.12. The summed E-state index contributed by atoms with van der Waals surface area (Å²) < 4.78 is 0. The summed E-state index contributed by atoms with van der Waals surface area (Å²) in [7, 11) is 0. The maximum absolute atomic E-state index is 12.3. The highest BCUT2D eigenvalue weighted by Gasteiger charge is 2.28. The molecule has 1 aliphatic carbocycles. The SMILES string of the molecule is O=C(O)CCN(C(=O)c1cccs1)C1CCCC1. The number of nitrogens with zero attached hydrogens (tertiary/aromatic N) is 1. The van der Waals surface area contributed by atoms with Crippen molar-refractivity contribution in [2.75, 3.05) is 6.54 Å². The van der Waals surface area contributed by atoms with Crippen LogP contribution in [0.1, 0.15) is 41.8 Å². The summed E-state index contributed by atoms with van der Waals surface area (Å²) in [6.45, 7) is 0.316. The van der Waals surface area contributed by atoms with Crippen LogP contribution in [0.15, 0.2) is 17.5 Å². The molecule has 1 aliphatic rings. The highest BCUT2D eigenvalue weighted by Crippen LogP contribution is 2.26. The zero-order valence-electron chi connectivity index (χ0n) is 10.2. The van der Waals surface area contributed by atoms with Crippen molar-refractivity contribution in [3.05, 3.63) is 22.4 Å². The van der Waals surface area contributed by atoms with Crippen molar-refractivity contribution in [3.8, 4) is 0 Å². The lowest BCUT2D eigenvalue weighted by atomic mass is 10.2. The van der Waals surface area contributed by atoms with Gasteiger partial charge in [0, 0.05) is 12.6 Å². The van der Waals surface area contributed by atoms with E-state index in [-0.39, 0.29) is 18.4 Å². The van der Waals surface area contributed by atoms with Gasteiger partial charge in [-0.05, 0) is 24.3 Å². The molecule has 5 heteroatoms. The van der Waals surface area contributed by atoms with E-state index in [1.54, 1.807) is 11.0 Å². The number of aliphatic carboxylic acids is 1. The van der Waals surface area contributed by atoms with Crippen molar-refractivity contribution in [3.63, 3.8) is 0 Å². The van der Waals surface area contributed by atoms with Crippen LogP contribution in [0.5, 0.6) is 0 Å². The Morgan fingerprint density at radius 1 is 1.39 bits per heavy atom. The van der Waals surface area contributed by atoms with Crippen LogP contribution in [0.2, 0.25) is 0 Å². The molecule has 18 heavy (non-hydrogen) atoms. The number of carbonyl (C=O) groups excluding carboxylic acids is 1. The van der Waals surface area contributed by atoms with Gasteiger partial charge in [0.05, 0.1) is 11.3 Å². The molecule has 2 rings (SSSR count). The van der Waals surface area contributed by atoms with Gasteiger partial charge in [0.15, 0.2) is 0 Å². The number of carboxylic acids is 1. The molecule has 4 nitrogen and oxygen atoms in total. The van der Waals surface area contributed by atoms with E-state index in [0.717, 1.165) is 25.7 Å². The van der Waals surface area contributed by atoms with Gasteiger partial charge in [-0.25, -0.2) is 0 Å². The summed E-state index contributed by atoms with van der Waals surface area (Å²) in [5.41, 5.74) is 0. The van der Waals surface area contributed by atoms with Crippen LogP contribution in [0, 0.1) is 0 Å². The van der Waals surface area contributed by atoms with Crippen molar-refractivity contribution >= 4 is 23.2 Å². The number of carboxylic acid groups (broad SMARTS) is 1. The highest BCUT2D eigenvalue weighted by molar-refractivity contribution is 7.12. The molecule has 98 valence electrons. The molecule has 1 amide bonds. The first-order chi connectivity index (χ1) is 8.68. The lowest BCUT2D eigenvalue weighted by molar-refractivity contribution is -0.137. The summed E-state index contributed by atoms with van der Waals surface area (Å²) in [5, 5.41) is 10.7. The Morgan fingerprint density at radius 3 is 2.67 bits per heavy atom. The number of carbonyl (C=O) groups is 2. The average Bonchev–Trinajstić information content (AvgIpc) is 3.01. The quantitative estimate of drug-likeness (QED) is 0.892. The number of amides is 1. The van der Waals surface area contributed by atoms with Gasteiger partial charge in [0.1, 0.15) is 0 Å². The molecule has 1 saturated carbocycles. The maximum atomic E-state index is 12.3. The first-order valence-electron chi connectivity index (χ1n) is 6.25. The Labute approximate surface area is 110 Å². The molecule has 0 spiro atoms. The Morgan fingerprint density at radius 2 is 2.11 bits per heavy atom. The minimum atomic E-state index is -0.850. The van der Waals surface area contributed by atoms with Gasteiger partial charge >= 0.3 is 5.97 Å². The third-order valence-corrected chi connectivity index (χ3v) is 4.18. The van der Waals surface area contributed by atoms with Crippen LogP contribution >= 0.6 is 11.3 Å². The van der Waals surface area contributed by atoms with Crippen molar-refractivity contribution in [2.45, 2.75) is 38.1 Å². The van der Waals surface area contributed by atoms with E-state index in [0.29, 0.717) is 11.4 Å². The second kappa shape index (κ2) is 6.00. The van der Waals surface area contributed by atoms with E-state index < -0.39 is 5.97 Å². The number of hydrogen-bond donors (Lipinski definition) is 1. The van der Waals surface area contributed by atoms with Crippen LogP contribution in [-0.2, 0) is 4.79 Å². The zero-order valence-corrected chi connectivity index (χ0v) is 11.0. The van der Waals surface area contributed by atoms with E-state index in [9.17, 15) is 9.59 Å². The standard InChI is InChI=1S/C13H17NO3S/c15-12(16)7-8-14(10-4-1-2-5-10)13(17)11-6-3-9-18-11/h3,6,9-10H,1-2,4-5,7-8H2,(H,15,16). The zero-order chi connectivity index (χ0) is 13.0. The Kier molecular flexibility index (Phi) is 4.36. The number of rotatable bonds is 5. The van der Waals surface area contributed by atoms with Crippen LogP contribution in [0.25, 0.3) is 0 Å². The third-order valence-electron chi connectivity index (χ3n) is 3.32. The molecule has 1 aromatic rings. The highest BCUT2D eigenvalue weighted by atomic mass is 32.1. The molecule has 0 atom stereocenters. The van der Waals surface area contributed by atoms with Crippen molar-refractivity contribution in [2.24, 2.45) is 0 Å². The van der Waals surface area contributed by atoms with Gasteiger partial charge in [0.2, 0.25) is 0 Å². The van der Waals surface area contributed by atoms with Gasteiger partial charge in [-0.2, -0.15) is 0 Å². The lowest BCUT2D eigenvalue weighted by Gasteiger charge is -2.28. The molecule has 0 unspecified atom stereocenters. The molecular weight excluding hydrogens is 250 g/mol. The average molecular weight is 267 g/mol. The Bertz CT molecular complexity index is 410. The van der Waals surface area contributed by atoms with Crippen LogP contribution in [0.4, 0.5) is 0 Å². The second-order valence-electron chi connectivity index (χ2n) is 4.56. The predicted octanol–water partition coefficient (Wildman–Crippen LogP) is 2.61. The summed E-state index contributed by atoms with van der Waals surface area (Å²) in [4.78, 5) is 25.5. The van der Waals surface area contributed by atoms with Crippen LogP contribution < -0.4 is 0 Å². The van der Waals surface area contributed by atoms with Crippen LogP contribution in [0.3, 0.4) is 0 Å². The molecule has 0 saturated heterocycles. The fourth-order valence-corrected chi connectivity index (χ4v) is 3.10. The normalized spacial score (nSPS) is 15.8. The fraction of sp³-hybridized carbons (Fsp3) is 0.538. The Hall–Kier alpha value is -1.36. The first kappa shape index (κ1) is 13.1. The van der Waals surface area contributed by atoms with Crippen LogP contribution in [-0.4, -0.2) is 34.5 Å². The summed E-state index contributed by atoms with van der Waals surface area (Å²) in [6.07, 6.45) is 4.28. The molecule has 0 bridgehead atoms. The monoisotopic (exact) mass is 267 g/mol. The summed E-state index contributed by atoms with van der Waals surface area (Å²) >= 11 is 1.41. The molecule has 1 heterocycles. The smallest absolute Gasteiger partial charge is 0.305 e. The van der Waals surface area contributed by atoms with Gasteiger partial charge < -0.3 is 10.0 Å². The molecule has 1 aromatic heterocycles. The predicted molar refractivity (Wildman–Crippen MR) is 69.9 cm³/mol. The minimum Gasteiger partial charge on any atom is -0.481 e. The molecule has 0 radical (unpaired) electrons.